The van der Waals surface area contributed by atoms with Crippen molar-refractivity contribution in [2.24, 2.45) is 16.1 Å². The molecule has 0 N–H and O–H groups in total. The van der Waals surface area contributed by atoms with Crippen LogP contribution in [0.25, 0.3) is 0 Å². The molecule has 7 nitrogen and oxygen atoms in total. The van der Waals surface area contributed by atoms with Crippen LogP contribution in [0, 0.1) is 12.8 Å². The fraction of sp³-hybridized carbons (Fsp3) is 0.286. The van der Waals surface area contributed by atoms with Crippen LogP contribution in [0.3, 0.4) is 0 Å². The summed E-state index contributed by atoms with van der Waals surface area (Å²) in [5.41, 5.74) is 3.08. The summed E-state index contributed by atoms with van der Waals surface area (Å²) >= 11 is 0. The summed E-state index contributed by atoms with van der Waals surface area (Å²) in [6, 6.07) is 7.67. The van der Waals surface area contributed by atoms with Gasteiger partial charge in [-0.1, -0.05) is 48.6 Å². The van der Waals surface area contributed by atoms with Crippen LogP contribution in [0.5, 0.6) is 0 Å². The zero-order chi connectivity index (χ0) is 20.1. The van der Waals surface area contributed by atoms with Crippen molar-refractivity contribution in [3.05, 3.63) is 71.0 Å². The minimum Gasteiger partial charge on any atom is -0.468 e. The molecule has 1 atom stereocenters. The maximum atomic E-state index is 13.0. The van der Waals surface area contributed by atoms with Crippen LogP contribution in [-0.2, 0) is 25.7 Å². The maximum absolute atomic E-state index is 13.0. The molecule has 0 aromatic heterocycles. The highest BCUT2D eigenvalue weighted by Crippen LogP contribution is 2.30. The van der Waals surface area contributed by atoms with Crippen LogP contribution in [0.4, 0.5) is 0 Å². The molecule has 7 heteroatoms. The second kappa shape index (κ2) is 8.56. The Labute approximate surface area is 163 Å². The molecule has 1 aliphatic heterocycles. The standard InChI is InChI=1S/C21H21N3O4/c1-14-7-3-4-8-15(14)12-24(13-20(26)28-2)19(25)11-18-16-9-5-6-10-17(16)21(27)23-22-18/h3-10,17H,11-13H2,1-2H3. The largest absolute Gasteiger partial charge is 0.468 e. The number of methoxy groups -OCH3 is 1. The summed E-state index contributed by atoms with van der Waals surface area (Å²) in [5.74, 6) is -1.64. The van der Waals surface area contributed by atoms with Gasteiger partial charge in [0, 0.05) is 6.54 Å². The number of benzene rings is 1. The van der Waals surface area contributed by atoms with Crippen LogP contribution < -0.4 is 0 Å². The quantitative estimate of drug-likeness (QED) is 0.711. The third-order valence-electron chi connectivity index (χ3n) is 4.74. The number of allylic oxidation sites excluding steroid dienone is 3. The molecule has 1 heterocycles. The zero-order valence-electron chi connectivity index (χ0n) is 15.8. The monoisotopic (exact) mass is 379 g/mol. The van der Waals surface area contributed by atoms with E-state index in [1.165, 1.54) is 12.0 Å². The number of azo groups is 1. The highest BCUT2D eigenvalue weighted by Gasteiger charge is 2.29. The van der Waals surface area contributed by atoms with Crippen LogP contribution in [-0.4, -0.2) is 36.3 Å². The lowest BCUT2D eigenvalue weighted by Gasteiger charge is -2.24. The first kappa shape index (κ1) is 19.4. The third-order valence-corrected chi connectivity index (χ3v) is 4.74. The number of ether oxygens (including phenoxy) is 1. The average molecular weight is 379 g/mol. The van der Waals surface area contributed by atoms with E-state index >= 15 is 0 Å². The molecule has 0 fully saturated rings. The SMILES string of the molecule is COC(=O)CN(Cc1ccccc1C)C(=O)CC1=C2C=CC=CC2C(=O)N=N1. The lowest BCUT2D eigenvalue weighted by molar-refractivity contribution is -0.147. The van der Waals surface area contributed by atoms with Gasteiger partial charge >= 0.3 is 5.97 Å². The van der Waals surface area contributed by atoms with E-state index in [0.29, 0.717) is 11.3 Å². The van der Waals surface area contributed by atoms with Crippen LogP contribution in [0.15, 0.2) is 70.1 Å². The van der Waals surface area contributed by atoms with Gasteiger partial charge in [0.1, 0.15) is 6.54 Å². The molecule has 1 aromatic carbocycles. The highest BCUT2D eigenvalue weighted by atomic mass is 16.5. The fourth-order valence-electron chi connectivity index (χ4n) is 3.10. The molecule has 28 heavy (non-hydrogen) atoms. The van der Waals surface area contributed by atoms with E-state index in [-0.39, 0.29) is 31.3 Å². The predicted molar refractivity (Wildman–Crippen MR) is 102 cm³/mol. The molecule has 1 unspecified atom stereocenters. The van der Waals surface area contributed by atoms with E-state index in [2.05, 4.69) is 10.2 Å². The lowest BCUT2D eigenvalue weighted by atomic mass is 9.90. The molecule has 0 saturated carbocycles. The maximum Gasteiger partial charge on any atom is 0.325 e. The Morgan fingerprint density at radius 2 is 1.96 bits per heavy atom. The number of carbonyl (C=O) groups excluding carboxylic acids is 3. The third kappa shape index (κ3) is 4.31. The Morgan fingerprint density at radius 3 is 2.71 bits per heavy atom. The van der Waals surface area contributed by atoms with Gasteiger partial charge < -0.3 is 9.64 Å². The van der Waals surface area contributed by atoms with E-state index in [0.717, 1.165) is 11.1 Å². The summed E-state index contributed by atoms with van der Waals surface area (Å²) in [5, 5.41) is 7.61. The van der Waals surface area contributed by atoms with Crippen LogP contribution >= 0.6 is 0 Å². The van der Waals surface area contributed by atoms with Crippen molar-refractivity contribution in [2.45, 2.75) is 19.9 Å². The molecule has 0 spiro atoms. The Hall–Kier alpha value is -3.35. The first-order chi connectivity index (χ1) is 13.5. The molecule has 0 bridgehead atoms. The molecule has 2 aliphatic rings. The molecular weight excluding hydrogens is 358 g/mol. The first-order valence-electron chi connectivity index (χ1n) is 8.92. The van der Waals surface area contributed by atoms with Gasteiger partial charge in [-0.3, -0.25) is 14.4 Å². The number of amides is 2. The van der Waals surface area contributed by atoms with Gasteiger partial charge in [0.05, 0.1) is 25.1 Å². The zero-order valence-corrected chi connectivity index (χ0v) is 15.8. The molecule has 1 aromatic rings. The first-order valence-corrected chi connectivity index (χ1v) is 8.92. The molecular formula is C21H21N3O4. The van der Waals surface area contributed by atoms with Gasteiger partial charge in [-0.15, -0.1) is 5.11 Å². The summed E-state index contributed by atoms with van der Waals surface area (Å²) in [6.45, 7) is 2.06. The Balaban J connectivity index is 1.83. The summed E-state index contributed by atoms with van der Waals surface area (Å²) in [7, 11) is 1.29. The van der Waals surface area contributed by atoms with E-state index in [1.807, 2.05) is 31.2 Å². The summed E-state index contributed by atoms with van der Waals surface area (Å²) < 4.78 is 4.74. The summed E-state index contributed by atoms with van der Waals surface area (Å²) in [4.78, 5) is 38.2. The van der Waals surface area contributed by atoms with E-state index in [9.17, 15) is 14.4 Å². The number of hydrogen-bond donors (Lipinski definition) is 0. The molecule has 1 aliphatic carbocycles. The Bertz CT molecular complexity index is 927. The van der Waals surface area contributed by atoms with Crippen molar-refractivity contribution in [1.82, 2.24) is 4.90 Å². The van der Waals surface area contributed by atoms with Crippen molar-refractivity contribution in [3.8, 4) is 0 Å². The lowest BCUT2D eigenvalue weighted by Crippen LogP contribution is -2.36. The van der Waals surface area contributed by atoms with Gasteiger partial charge in [-0.2, -0.15) is 5.11 Å². The average Bonchev–Trinajstić information content (AvgIpc) is 2.71. The number of rotatable bonds is 6. The number of carbonyl (C=O) groups is 3. The molecule has 3 rings (SSSR count). The summed E-state index contributed by atoms with van der Waals surface area (Å²) in [6.07, 6.45) is 7.02. The normalized spacial score (nSPS) is 17.5. The smallest absolute Gasteiger partial charge is 0.325 e. The Kier molecular flexibility index (Phi) is 5.93. The number of nitrogens with zero attached hydrogens (tertiary/aromatic N) is 3. The Morgan fingerprint density at radius 1 is 1.18 bits per heavy atom. The molecule has 0 saturated heterocycles. The van der Waals surface area contributed by atoms with Gasteiger partial charge in [0.2, 0.25) is 5.91 Å². The fourth-order valence-corrected chi connectivity index (χ4v) is 3.10. The van der Waals surface area contributed by atoms with Crippen LogP contribution in [0.2, 0.25) is 0 Å². The number of aryl methyl sites for hydroxylation is 1. The van der Waals surface area contributed by atoms with Gasteiger partial charge in [-0.25, -0.2) is 0 Å². The van der Waals surface area contributed by atoms with Gasteiger partial charge in [0.15, 0.2) is 0 Å². The number of esters is 1. The van der Waals surface area contributed by atoms with E-state index in [1.54, 1.807) is 24.3 Å². The second-order valence-electron chi connectivity index (χ2n) is 6.59. The molecule has 0 radical (unpaired) electrons. The molecule has 2 amide bonds. The topological polar surface area (TPSA) is 88.4 Å². The number of hydrogen-bond acceptors (Lipinski definition) is 5. The van der Waals surface area contributed by atoms with Gasteiger partial charge in [-0.05, 0) is 23.6 Å². The predicted octanol–water partition coefficient (Wildman–Crippen LogP) is 2.88. The van der Waals surface area contributed by atoms with Crippen molar-refractivity contribution in [2.75, 3.05) is 13.7 Å². The minimum absolute atomic E-state index is 0.0519. The van der Waals surface area contributed by atoms with Gasteiger partial charge in [0.25, 0.3) is 5.91 Å². The van der Waals surface area contributed by atoms with E-state index in [4.69, 9.17) is 4.74 Å². The second-order valence-corrected chi connectivity index (χ2v) is 6.59. The highest BCUT2D eigenvalue weighted by molar-refractivity contribution is 5.88. The van der Waals surface area contributed by atoms with Crippen molar-refractivity contribution in [1.29, 1.82) is 0 Å². The number of fused-ring (bicyclic) bond motifs is 1. The van der Waals surface area contributed by atoms with Crippen molar-refractivity contribution in [3.63, 3.8) is 0 Å². The van der Waals surface area contributed by atoms with E-state index < -0.39 is 11.9 Å². The molecule has 144 valence electrons. The van der Waals surface area contributed by atoms with Crippen molar-refractivity contribution < 1.29 is 19.1 Å². The van der Waals surface area contributed by atoms with Crippen LogP contribution in [0.1, 0.15) is 17.5 Å². The minimum atomic E-state index is -0.504. The van der Waals surface area contributed by atoms with Crippen molar-refractivity contribution >= 4 is 17.8 Å².